The number of ether oxygens (including phenoxy) is 1. The monoisotopic (exact) mass is 331 g/mol. The molecule has 0 radical (unpaired) electrons. The van der Waals surface area contributed by atoms with E-state index in [1.165, 1.54) is 25.6 Å². The van der Waals surface area contributed by atoms with Gasteiger partial charge in [-0.1, -0.05) is 0 Å². The predicted molar refractivity (Wildman–Crippen MR) is 93.1 cm³/mol. The maximum atomic E-state index is 12.6. The smallest absolute Gasteiger partial charge is 0.219 e. The molecule has 0 unspecified atom stereocenters. The molecule has 1 aliphatic heterocycles. The predicted octanol–water partition coefficient (Wildman–Crippen LogP) is 3.06. The van der Waals surface area contributed by atoms with Crippen LogP contribution in [0.4, 0.5) is 0 Å². The minimum atomic E-state index is -0.476. The average molecular weight is 331 g/mol. The van der Waals surface area contributed by atoms with Gasteiger partial charge in [-0.15, -0.1) is 0 Å². The summed E-state index contributed by atoms with van der Waals surface area (Å²) in [6.07, 6.45) is 8.59. The van der Waals surface area contributed by atoms with Crippen LogP contribution in [0.15, 0.2) is 12.5 Å². The molecule has 0 N–H and O–H groups in total. The topological polar surface area (TPSA) is 55.3 Å². The number of aromatic nitrogens is 2. The van der Waals surface area contributed by atoms with Crippen molar-refractivity contribution in [2.75, 3.05) is 26.7 Å². The van der Waals surface area contributed by atoms with Gasteiger partial charge in [0.1, 0.15) is 18.7 Å². The van der Waals surface area contributed by atoms with Gasteiger partial charge in [0.2, 0.25) is 5.88 Å². The number of rotatable bonds is 8. The molecule has 1 aliphatic carbocycles. The van der Waals surface area contributed by atoms with E-state index in [1.807, 2.05) is 20.0 Å². The highest BCUT2D eigenvalue weighted by Gasteiger charge is 2.32. The van der Waals surface area contributed by atoms with E-state index >= 15 is 0 Å². The molecule has 24 heavy (non-hydrogen) atoms. The number of carbonyl (C=O) groups excluding carboxylic acids is 1. The van der Waals surface area contributed by atoms with Crippen LogP contribution < -0.4 is 4.74 Å². The highest BCUT2D eigenvalue weighted by molar-refractivity contribution is 5.84. The summed E-state index contributed by atoms with van der Waals surface area (Å²) in [4.78, 5) is 23.3. The van der Waals surface area contributed by atoms with E-state index in [0.29, 0.717) is 36.5 Å². The van der Waals surface area contributed by atoms with Crippen LogP contribution in [0.1, 0.15) is 57.4 Å². The number of ketones is 1. The fraction of sp³-hybridized carbons (Fsp3) is 0.737. The van der Waals surface area contributed by atoms with Crippen LogP contribution in [-0.4, -0.2) is 47.4 Å². The lowest BCUT2D eigenvalue weighted by molar-refractivity contribution is -0.128. The molecule has 5 nitrogen and oxygen atoms in total. The first-order valence-corrected chi connectivity index (χ1v) is 9.10. The molecule has 3 rings (SSSR count). The lowest BCUT2D eigenvalue weighted by atomic mass is 9.85. The van der Waals surface area contributed by atoms with Gasteiger partial charge in [-0.3, -0.25) is 4.79 Å². The Bertz CT molecular complexity index is 584. The molecule has 2 aliphatic rings. The summed E-state index contributed by atoms with van der Waals surface area (Å²) in [5.41, 5.74) is 0.616. The first kappa shape index (κ1) is 17.3. The molecule has 0 spiro atoms. The van der Waals surface area contributed by atoms with E-state index in [1.54, 1.807) is 0 Å². The van der Waals surface area contributed by atoms with Gasteiger partial charge in [-0.25, -0.2) is 9.97 Å². The Balaban J connectivity index is 1.50. The van der Waals surface area contributed by atoms with Crippen molar-refractivity contribution in [3.8, 4) is 5.88 Å². The van der Waals surface area contributed by atoms with Crippen molar-refractivity contribution in [2.45, 2.75) is 51.9 Å². The summed E-state index contributed by atoms with van der Waals surface area (Å²) in [5, 5.41) is 0. The van der Waals surface area contributed by atoms with Gasteiger partial charge < -0.3 is 9.64 Å². The molecule has 5 heteroatoms. The SMILES string of the molecule is CN1CC[C@@H](CCC(=O)C(C)(C)COc2ncncc2C2CC2)C1. The largest absolute Gasteiger partial charge is 0.476 e. The molecule has 1 saturated carbocycles. The average Bonchev–Trinajstić information content (AvgIpc) is 3.33. The second-order valence-corrected chi connectivity index (χ2v) is 8.11. The number of hydrogen-bond donors (Lipinski definition) is 0. The Hall–Kier alpha value is -1.49. The van der Waals surface area contributed by atoms with Crippen LogP contribution in [0.3, 0.4) is 0 Å². The molecular formula is C19H29N3O2. The van der Waals surface area contributed by atoms with E-state index in [0.717, 1.165) is 25.1 Å². The second-order valence-electron chi connectivity index (χ2n) is 8.11. The molecule has 0 amide bonds. The molecule has 132 valence electrons. The summed E-state index contributed by atoms with van der Waals surface area (Å²) >= 11 is 0. The van der Waals surface area contributed by atoms with Crippen LogP contribution in [0.2, 0.25) is 0 Å². The number of carbonyl (C=O) groups is 1. The minimum absolute atomic E-state index is 0.291. The molecule has 1 atom stereocenters. The third-order valence-electron chi connectivity index (χ3n) is 5.31. The Morgan fingerprint density at radius 2 is 2.17 bits per heavy atom. The molecule has 1 aromatic heterocycles. The van der Waals surface area contributed by atoms with Gasteiger partial charge >= 0.3 is 0 Å². The highest BCUT2D eigenvalue weighted by atomic mass is 16.5. The molecule has 0 bridgehead atoms. The minimum Gasteiger partial charge on any atom is -0.476 e. The maximum Gasteiger partial charge on any atom is 0.219 e. The van der Waals surface area contributed by atoms with Crippen molar-refractivity contribution in [2.24, 2.45) is 11.3 Å². The van der Waals surface area contributed by atoms with Gasteiger partial charge in [-0.2, -0.15) is 0 Å². The van der Waals surface area contributed by atoms with Gasteiger partial charge in [0, 0.05) is 24.7 Å². The summed E-state index contributed by atoms with van der Waals surface area (Å²) in [5.74, 6) is 2.16. The maximum absolute atomic E-state index is 12.6. The lowest BCUT2D eigenvalue weighted by Gasteiger charge is -2.24. The molecule has 2 fully saturated rings. The summed E-state index contributed by atoms with van der Waals surface area (Å²) in [6.45, 7) is 6.62. The van der Waals surface area contributed by atoms with E-state index < -0.39 is 5.41 Å². The first-order chi connectivity index (χ1) is 11.5. The van der Waals surface area contributed by atoms with Crippen LogP contribution >= 0.6 is 0 Å². The molecule has 1 aromatic rings. The van der Waals surface area contributed by atoms with Crippen molar-refractivity contribution in [3.05, 3.63) is 18.1 Å². The quantitative estimate of drug-likeness (QED) is 0.733. The number of likely N-dealkylation sites (tertiary alicyclic amines) is 1. The van der Waals surface area contributed by atoms with Gasteiger partial charge in [0.25, 0.3) is 0 Å². The van der Waals surface area contributed by atoms with Crippen molar-refractivity contribution in [1.82, 2.24) is 14.9 Å². The van der Waals surface area contributed by atoms with Crippen LogP contribution in [0, 0.1) is 11.3 Å². The van der Waals surface area contributed by atoms with E-state index in [9.17, 15) is 4.79 Å². The zero-order chi connectivity index (χ0) is 17.2. The van der Waals surface area contributed by atoms with E-state index in [-0.39, 0.29) is 0 Å². The molecular weight excluding hydrogens is 302 g/mol. The first-order valence-electron chi connectivity index (χ1n) is 9.10. The summed E-state index contributed by atoms with van der Waals surface area (Å²) in [7, 11) is 2.15. The van der Waals surface area contributed by atoms with Crippen LogP contribution in [-0.2, 0) is 4.79 Å². The van der Waals surface area contributed by atoms with Gasteiger partial charge in [0.15, 0.2) is 0 Å². The fourth-order valence-electron chi connectivity index (χ4n) is 3.39. The number of hydrogen-bond acceptors (Lipinski definition) is 5. The standard InChI is InChI=1S/C19H29N3O2/c1-19(2,17(23)7-4-14-8-9-22(3)11-14)12-24-18-16(15-5-6-15)10-20-13-21-18/h10,13-15H,4-9,11-12H2,1-3H3/t14-/m1/s1. The molecule has 2 heterocycles. The molecule has 0 aromatic carbocycles. The zero-order valence-corrected chi connectivity index (χ0v) is 15.1. The van der Waals surface area contributed by atoms with Crippen molar-refractivity contribution in [1.29, 1.82) is 0 Å². The highest BCUT2D eigenvalue weighted by Crippen LogP contribution is 2.43. The van der Waals surface area contributed by atoms with Gasteiger partial charge in [-0.05, 0) is 65.0 Å². The number of Topliss-reactive ketones (excluding diaryl/α,β-unsaturated/α-hetero) is 1. The van der Waals surface area contributed by atoms with Crippen molar-refractivity contribution in [3.63, 3.8) is 0 Å². The summed E-state index contributed by atoms with van der Waals surface area (Å²) in [6, 6.07) is 0. The van der Waals surface area contributed by atoms with Crippen molar-refractivity contribution >= 4 is 5.78 Å². The van der Waals surface area contributed by atoms with Crippen LogP contribution in [0.5, 0.6) is 5.88 Å². The Morgan fingerprint density at radius 3 is 2.83 bits per heavy atom. The molecule has 1 saturated heterocycles. The third-order valence-corrected chi connectivity index (χ3v) is 5.31. The number of nitrogens with zero attached hydrogens (tertiary/aromatic N) is 3. The third kappa shape index (κ3) is 4.32. The van der Waals surface area contributed by atoms with Gasteiger partial charge in [0.05, 0.1) is 5.41 Å². The second kappa shape index (κ2) is 7.18. The van der Waals surface area contributed by atoms with Crippen molar-refractivity contribution < 1.29 is 9.53 Å². The summed E-state index contributed by atoms with van der Waals surface area (Å²) < 4.78 is 5.93. The Kier molecular flexibility index (Phi) is 5.18. The van der Waals surface area contributed by atoms with E-state index in [2.05, 4.69) is 21.9 Å². The Morgan fingerprint density at radius 1 is 1.38 bits per heavy atom. The fourth-order valence-corrected chi connectivity index (χ4v) is 3.39. The van der Waals surface area contributed by atoms with Crippen LogP contribution in [0.25, 0.3) is 0 Å². The normalized spacial score (nSPS) is 21.9. The Labute approximate surface area is 144 Å². The van der Waals surface area contributed by atoms with E-state index in [4.69, 9.17) is 4.74 Å². The lowest BCUT2D eigenvalue weighted by Crippen LogP contribution is -2.32. The zero-order valence-electron chi connectivity index (χ0n) is 15.1.